The van der Waals surface area contributed by atoms with Gasteiger partial charge < -0.3 is 5.32 Å². The van der Waals surface area contributed by atoms with Crippen LogP contribution in [0.3, 0.4) is 0 Å². The van der Waals surface area contributed by atoms with Gasteiger partial charge >= 0.3 is 0 Å². The highest BCUT2D eigenvalue weighted by Crippen LogP contribution is 2.27. The van der Waals surface area contributed by atoms with Crippen LogP contribution in [0.4, 0.5) is 0 Å². The topological polar surface area (TPSA) is 12.0 Å². The van der Waals surface area contributed by atoms with Crippen LogP contribution in [0, 0.1) is 0 Å². The van der Waals surface area contributed by atoms with E-state index < -0.39 is 0 Å². The number of nitrogens with one attached hydrogen (secondary N) is 1. The fraction of sp³-hybridized carbons (Fsp3) is 0.400. The Bertz CT molecular complexity index is 581. The second-order valence-electron chi connectivity index (χ2n) is 6.24. The first kappa shape index (κ1) is 14.3. The maximum atomic E-state index is 3.62. The van der Waals surface area contributed by atoms with E-state index in [4.69, 9.17) is 0 Å². The van der Waals surface area contributed by atoms with E-state index in [1.165, 1.54) is 41.5 Å². The second kappa shape index (κ2) is 6.44. The van der Waals surface area contributed by atoms with Crippen LogP contribution in [0.2, 0.25) is 0 Å². The van der Waals surface area contributed by atoms with Crippen LogP contribution in [0.15, 0.2) is 48.5 Å². The van der Waals surface area contributed by atoms with Gasteiger partial charge in [-0.05, 0) is 47.4 Å². The maximum absolute atomic E-state index is 3.62. The average molecular weight is 279 g/mol. The van der Waals surface area contributed by atoms with Gasteiger partial charge in [-0.15, -0.1) is 0 Å². The lowest BCUT2D eigenvalue weighted by molar-refractivity contribution is 0.689. The molecule has 0 radical (unpaired) electrons. The molecule has 1 saturated carbocycles. The molecular weight excluding hydrogens is 254 g/mol. The molecule has 0 aromatic heterocycles. The van der Waals surface area contributed by atoms with E-state index in [9.17, 15) is 0 Å². The molecule has 1 nitrogen and oxygen atoms in total. The van der Waals surface area contributed by atoms with Crippen LogP contribution in [-0.2, 0) is 6.54 Å². The lowest BCUT2D eigenvalue weighted by Gasteiger charge is -2.13. The third-order valence-corrected chi connectivity index (χ3v) is 4.58. The van der Waals surface area contributed by atoms with Gasteiger partial charge in [0, 0.05) is 12.6 Å². The Morgan fingerprint density at radius 1 is 1.05 bits per heavy atom. The molecule has 1 atom stereocenters. The molecule has 2 aromatic carbocycles. The molecule has 21 heavy (non-hydrogen) atoms. The number of rotatable bonds is 6. The van der Waals surface area contributed by atoms with Crippen molar-refractivity contribution in [2.45, 2.75) is 51.6 Å². The zero-order valence-corrected chi connectivity index (χ0v) is 13.1. The van der Waals surface area contributed by atoms with E-state index in [1.54, 1.807) is 0 Å². The Labute approximate surface area is 128 Å². The first-order chi connectivity index (χ1) is 10.3. The van der Waals surface area contributed by atoms with Crippen LogP contribution >= 0.6 is 0 Å². The molecule has 0 aliphatic heterocycles. The molecule has 1 aliphatic rings. The van der Waals surface area contributed by atoms with Crippen molar-refractivity contribution in [3.05, 3.63) is 59.7 Å². The Hall–Kier alpha value is -1.60. The van der Waals surface area contributed by atoms with Gasteiger partial charge in [0.25, 0.3) is 0 Å². The molecule has 110 valence electrons. The summed E-state index contributed by atoms with van der Waals surface area (Å²) in [7, 11) is 0. The largest absolute Gasteiger partial charge is 0.310 e. The SMILES string of the molecule is CCC(C)c1ccc(-c2ccccc2CNC2CC2)cc1. The van der Waals surface area contributed by atoms with Crippen molar-refractivity contribution in [2.24, 2.45) is 0 Å². The summed E-state index contributed by atoms with van der Waals surface area (Å²) in [6, 6.07) is 18.6. The van der Waals surface area contributed by atoms with Crippen molar-refractivity contribution in [3.63, 3.8) is 0 Å². The van der Waals surface area contributed by atoms with E-state index >= 15 is 0 Å². The summed E-state index contributed by atoms with van der Waals surface area (Å²) in [5, 5.41) is 3.62. The average Bonchev–Trinajstić information content (AvgIpc) is 3.37. The van der Waals surface area contributed by atoms with Gasteiger partial charge in [0.15, 0.2) is 0 Å². The first-order valence-electron chi connectivity index (χ1n) is 8.19. The normalized spacial score (nSPS) is 15.9. The maximum Gasteiger partial charge on any atom is 0.0214 e. The Morgan fingerprint density at radius 3 is 2.43 bits per heavy atom. The summed E-state index contributed by atoms with van der Waals surface area (Å²) in [6.07, 6.45) is 3.87. The molecule has 0 bridgehead atoms. The molecule has 1 aliphatic carbocycles. The predicted molar refractivity (Wildman–Crippen MR) is 90.4 cm³/mol. The first-order valence-corrected chi connectivity index (χ1v) is 8.19. The van der Waals surface area contributed by atoms with Gasteiger partial charge in [-0.1, -0.05) is 62.4 Å². The fourth-order valence-electron chi connectivity index (χ4n) is 2.72. The molecule has 3 rings (SSSR count). The molecule has 1 heteroatoms. The fourth-order valence-corrected chi connectivity index (χ4v) is 2.72. The molecule has 1 unspecified atom stereocenters. The van der Waals surface area contributed by atoms with Gasteiger partial charge in [0.2, 0.25) is 0 Å². The highest BCUT2D eigenvalue weighted by Gasteiger charge is 2.20. The third-order valence-electron chi connectivity index (χ3n) is 4.58. The molecule has 2 aromatic rings. The molecule has 0 heterocycles. The van der Waals surface area contributed by atoms with E-state index in [2.05, 4.69) is 67.7 Å². The van der Waals surface area contributed by atoms with Crippen molar-refractivity contribution in [1.82, 2.24) is 5.32 Å². The van der Waals surface area contributed by atoms with Gasteiger partial charge in [-0.2, -0.15) is 0 Å². The summed E-state index contributed by atoms with van der Waals surface area (Å²) in [5.41, 5.74) is 5.53. The van der Waals surface area contributed by atoms with Crippen LogP contribution in [0.1, 0.15) is 50.2 Å². The molecule has 0 saturated heterocycles. The Morgan fingerprint density at radius 2 is 1.76 bits per heavy atom. The highest BCUT2D eigenvalue weighted by atomic mass is 14.9. The van der Waals surface area contributed by atoms with Gasteiger partial charge in [0.05, 0.1) is 0 Å². The predicted octanol–water partition coefficient (Wildman–Crippen LogP) is 5.12. The van der Waals surface area contributed by atoms with Gasteiger partial charge in [0.1, 0.15) is 0 Å². The van der Waals surface area contributed by atoms with Crippen molar-refractivity contribution < 1.29 is 0 Å². The van der Waals surface area contributed by atoms with Crippen LogP contribution < -0.4 is 5.32 Å². The zero-order chi connectivity index (χ0) is 14.7. The van der Waals surface area contributed by atoms with Crippen molar-refractivity contribution in [2.75, 3.05) is 0 Å². The molecular formula is C20H25N. The summed E-state index contributed by atoms with van der Waals surface area (Å²) in [5.74, 6) is 0.644. The van der Waals surface area contributed by atoms with Gasteiger partial charge in [-0.3, -0.25) is 0 Å². The highest BCUT2D eigenvalue weighted by molar-refractivity contribution is 5.67. The summed E-state index contributed by atoms with van der Waals surface area (Å²) in [6.45, 7) is 5.52. The summed E-state index contributed by atoms with van der Waals surface area (Å²) >= 11 is 0. The zero-order valence-electron chi connectivity index (χ0n) is 13.1. The van der Waals surface area contributed by atoms with Crippen molar-refractivity contribution in [3.8, 4) is 11.1 Å². The number of hydrogen-bond acceptors (Lipinski definition) is 1. The number of benzene rings is 2. The minimum absolute atomic E-state index is 0.644. The van der Waals surface area contributed by atoms with E-state index in [0.29, 0.717) is 5.92 Å². The number of hydrogen-bond donors (Lipinski definition) is 1. The van der Waals surface area contributed by atoms with Crippen LogP contribution in [-0.4, -0.2) is 6.04 Å². The lowest BCUT2D eigenvalue weighted by atomic mass is 9.94. The smallest absolute Gasteiger partial charge is 0.0214 e. The molecule has 0 amide bonds. The lowest BCUT2D eigenvalue weighted by Crippen LogP contribution is -2.15. The Kier molecular flexibility index (Phi) is 4.40. The van der Waals surface area contributed by atoms with E-state index in [0.717, 1.165) is 12.6 Å². The minimum Gasteiger partial charge on any atom is -0.310 e. The van der Waals surface area contributed by atoms with E-state index in [-0.39, 0.29) is 0 Å². The van der Waals surface area contributed by atoms with Crippen molar-refractivity contribution >= 4 is 0 Å². The van der Waals surface area contributed by atoms with Crippen LogP contribution in [0.25, 0.3) is 11.1 Å². The summed E-state index contributed by atoms with van der Waals surface area (Å²) in [4.78, 5) is 0. The molecule has 1 fully saturated rings. The van der Waals surface area contributed by atoms with Crippen LogP contribution in [0.5, 0.6) is 0 Å². The third kappa shape index (κ3) is 3.54. The summed E-state index contributed by atoms with van der Waals surface area (Å²) < 4.78 is 0. The molecule has 0 spiro atoms. The second-order valence-corrected chi connectivity index (χ2v) is 6.24. The van der Waals surface area contributed by atoms with Crippen molar-refractivity contribution in [1.29, 1.82) is 0 Å². The van der Waals surface area contributed by atoms with Gasteiger partial charge in [-0.25, -0.2) is 0 Å². The Balaban J connectivity index is 1.81. The molecule has 1 N–H and O–H groups in total. The van der Waals surface area contributed by atoms with E-state index in [1.807, 2.05) is 0 Å². The standard InChI is InChI=1S/C20H25N/c1-3-15(2)16-8-10-17(11-9-16)20-7-5-4-6-18(20)14-21-19-12-13-19/h4-11,15,19,21H,3,12-14H2,1-2H3. The monoisotopic (exact) mass is 279 g/mol. The minimum atomic E-state index is 0.644. The quantitative estimate of drug-likeness (QED) is 0.774.